The Bertz CT molecular complexity index is 994. The average molecular weight is 655 g/mol. The molecule has 0 saturated heterocycles. The van der Waals surface area contributed by atoms with E-state index in [4.69, 9.17) is 0 Å². The van der Waals surface area contributed by atoms with Crippen LogP contribution in [0.15, 0.2) is 24.3 Å². The van der Waals surface area contributed by atoms with Crippen LogP contribution >= 0.6 is 0 Å². The van der Waals surface area contributed by atoms with E-state index in [0.717, 1.165) is 0 Å². The first kappa shape index (κ1) is 42.4. The number of hydrogen-bond acceptors (Lipinski definition) is 0. The quantitative estimate of drug-likeness (QED) is 0.131. The molecule has 4 aromatic rings. The molecule has 1 radical (unpaired) electrons. The fourth-order valence-corrected chi connectivity index (χ4v) is 4.53. The van der Waals surface area contributed by atoms with E-state index in [1.807, 2.05) is 0 Å². The zero-order valence-corrected chi connectivity index (χ0v) is 30.6. The van der Waals surface area contributed by atoms with Crippen molar-refractivity contribution in [3.63, 3.8) is 0 Å². The van der Waals surface area contributed by atoms with Crippen molar-refractivity contribution in [2.75, 3.05) is 0 Å². The Morgan fingerprint density at radius 2 is 0.308 bits per heavy atom. The molecule has 39 heavy (non-hydrogen) atoms. The minimum Gasteiger partial charge on any atom is -0.196 e. The molecule has 4 rings (SSSR count). The van der Waals surface area contributed by atoms with Gasteiger partial charge < -0.3 is 0 Å². The smallest absolute Gasteiger partial charge is 0.196 e. The molecule has 0 bridgehead atoms. The largest absolute Gasteiger partial charge is 2.00 e. The molecule has 0 aromatic heterocycles. The van der Waals surface area contributed by atoms with Gasteiger partial charge in [-0.25, -0.2) is 0 Å². The Morgan fingerprint density at radius 1 is 0.231 bits per heavy atom. The second kappa shape index (κ2) is 18.4. The van der Waals surface area contributed by atoms with Crippen LogP contribution in [0.25, 0.3) is 0 Å². The zero-order chi connectivity index (χ0) is 28.1. The first-order chi connectivity index (χ1) is 16.5. The van der Waals surface area contributed by atoms with Gasteiger partial charge in [-0.15, -0.1) is 0 Å². The van der Waals surface area contributed by atoms with E-state index in [1.54, 1.807) is 0 Å². The van der Waals surface area contributed by atoms with Gasteiger partial charge in [-0.2, -0.15) is 113 Å². The van der Waals surface area contributed by atoms with Crippen LogP contribution < -0.4 is 0 Å². The monoisotopic (exact) mass is 655 g/mol. The molecule has 0 aliphatic carbocycles. The molecule has 0 fully saturated rings. The van der Waals surface area contributed by atoms with Crippen LogP contribution in [0.1, 0.15) is 89.0 Å². The van der Waals surface area contributed by atoms with Crippen LogP contribution in [-0.4, -0.2) is 0 Å². The summed E-state index contributed by atoms with van der Waals surface area (Å²) < 4.78 is 0. The standard InChI is InChI=1S/4C9H13.Co.2Fe/c4*1-6-5-7(2)9(4)8(6)3;;;/h4*5H,1-4H3;;;/q4*-1;+2;;. The van der Waals surface area contributed by atoms with Crippen molar-refractivity contribution in [1.29, 1.82) is 0 Å². The Morgan fingerprint density at radius 3 is 0.333 bits per heavy atom. The van der Waals surface area contributed by atoms with E-state index in [9.17, 15) is 0 Å². The number of hydrogen-bond donors (Lipinski definition) is 0. The summed E-state index contributed by atoms with van der Waals surface area (Å²) in [5.41, 5.74) is 23.0. The summed E-state index contributed by atoms with van der Waals surface area (Å²) in [7, 11) is 0. The van der Waals surface area contributed by atoms with E-state index in [-0.39, 0.29) is 50.9 Å². The fraction of sp³-hybridized carbons (Fsp3) is 0.444. The molecule has 0 amide bonds. The summed E-state index contributed by atoms with van der Waals surface area (Å²) in [5.74, 6) is 0. The van der Waals surface area contributed by atoms with Crippen LogP contribution in [0.5, 0.6) is 0 Å². The second-order valence-corrected chi connectivity index (χ2v) is 11.0. The van der Waals surface area contributed by atoms with Crippen LogP contribution in [0, 0.1) is 111 Å². The normalized spacial score (nSPS) is 9.44. The van der Waals surface area contributed by atoms with Crippen LogP contribution in [-0.2, 0) is 50.9 Å². The van der Waals surface area contributed by atoms with Gasteiger partial charge in [-0.1, -0.05) is 111 Å². The van der Waals surface area contributed by atoms with E-state index in [2.05, 4.69) is 135 Å². The van der Waals surface area contributed by atoms with Crippen LogP contribution in [0.4, 0.5) is 0 Å². The van der Waals surface area contributed by atoms with Gasteiger partial charge in [0.05, 0.1) is 0 Å². The molecule has 0 aliphatic rings. The van der Waals surface area contributed by atoms with Crippen molar-refractivity contribution in [2.24, 2.45) is 0 Å². The topological polar surface area (TPSA) is 0 Å². The number of aryl methyl sites for hydroxylation is 8. The van der Waals surface area contributed by atoms with Gasteiger partial charge >= 0.3 is 16.8 Å². The number of rotatable bonds is 0. The summed E-state index contributed by atoms with van der Waals surface area (Å²) >= 11 is 0. The summed E-state index contributed by atoms with van der Waals surface area (Å²) in [6.45, 7) is 34.7. The van der Waals surface area contributed by atoms with Crippen molar-refractivity contribution in [3.05, 3.63) is 113 Å². The Balaban J connectivity index is -0.000000432. The molecule has 0 N–H and O–H groups in total. The van der Waals surface area contributed by atoms with E-state index in [0.29, 0.717) is 0 Å². The zero-order valence-electron chi connectivity index (χ0n) is 27.3. The van der Waals surface area contributed by atoms with Crippen LogP contribution in [0.3, 0.4) is 0 Å². The third-order valence-corrected chi connectivity index (χ3v) is 8.71. The maximum Gasteiger partial charge on any atom is 2.00 e. The molecule has 223 valence electrons. The maximum atomic E-state index is 2.24. The molecule has 4 aromatic carbocycles. The molecule has 0 atom stereocenters. The first-order valence-corrected chi connectivity index (χ1v) is 13.3. The van der Waals surface area contributed by atoms with E-state index >= 15 is 0 Å². The molecular formula is C36H52CoFe2-2. The molecule has 0 nitrogen and oxygen atoms in total. The molecule has 3 heteroatoms. The minimum atomic E-state index is 0. The summed E-state index contributed by atoms with van der Waals surface area (Å²) in [6.07, 6.45) is 0. The van der Waals surface area contributed by atoms with Gasteiger partial charge in [0.1, 0.15) is 0 Å². The Labute approximate surface area is 273 Å². The predicted octanol–water partition coefficient (Wildman–Crippen LogP) is 10.5. The first-order valence-electron chi connectivity index (χ1n) is 13.3. The summed E-state index contributed by atoms with van der Waals surface area (Å²) in [6, 6.07) is 8.96. The molecule has 0 spiro atoms. The second-order valence-electron chi connectivity index (χ2n) is 11.0. The van der Waals surface area contributed by atoms with E-state index < -0.39 is 0 Å². The van der Waals surface area contributed by atoms with Gasteiger partial charge in [0.2, 0.25) is 0 Å². The van der Waals surface area contributed by atoms with Gasteiger partial charge in [-0.3, -0.25) is 0 Å². The van der Waals surface area contributed by atoms with Gasteiger partial charge in [0.25, 0.3) is 0 Å². The average Bonchev–Trinajstić information content (AvgIpc) is 3.37. The Hall–Kier alpha value is -1.05. The summed E-state index contributed by atoms with van der Waals surface area (Å²) in [5, 5.41) is 0. The molecule has 0 unspecified atom stereocenters. The van der Waals surface area contributed by atoms with Gasteiger partial charge in [-0.05, 0) is 0 Å². The van der Waals surface area contributed by atoms with Crippen LogP contribution in [0.2, 0.25) is 0 Å². The molecule has 0 aliphatic heterocycles. The third kappa shape index (κ3) is 11.4. The molecule has 0 saturated carbocycles. The molecular weight excluding hydrogens is 603 g/mol. The summed E-state index contributed by atoms with van der Waals surface area (Å²) in [4.78, 5) is 0. The SMILES string of the molecule is Cc1[cH-]c(C)c(C)c1C.Cc1[cH-]c(C)c(C)c1C.Cc1[cH-]c(C)c(C)c1C.Cc1[cH-]c(C)c(C)c1C.[Co+2].[Fe].[Fe]. The van der Waals surface area contributed by atoms with Crippen molar-refractivity contribution in [3.8, 4) is 0 Å². The fourth-order valence-electron chi connectivity index (χ4n) is 4.53. The molecule has 0 heterocycles. The van der Waals surface area contributed by atoms with Gasteiger partial charge in [0, 0.05) is 34.1 Å². The third-order valence-electron chi connectivity index (χ3n) is 8.71. The van der Waals surface area contributed by atoms with E-state index in [1.165, 1.54) is 89.0 Å². The van der Waals surface area contributed by atoms with Crippen molar-refractivity contribution in [1.82, 2.24) is 0 Å². The van der Waals surface area contributed by atoms with Gasteiger partial charge in [0.15, 0.2) is 0 Å². The predicted molar refractivity (Wildman–Crippen MR) is 164 cm³/mol. The maximum absolute atomic E-state index is 2.24. The van der Waals surface area contributed by atoms with Crippen molar-refractivity contribution in [2.45, 2.75) is 111 Å². The minimum absolute atomic E-state index is 0. The van der Waals surface area contributed by atoms with Crippen molar-refractivity contribution >= 4 is 0 Å². The van der Waals surface area contributed by atoms with Crippen molar-refractivity contribution < 1.29 is 50.9 Å². The Kier molecular flexibility index (Phi) is 20.0.